The average Bonchev–Trinajstić information content (AvgIpc) is 2.45. The van der Waals surface area contributed by atoms with Crippen molar-refractivity contribution in [2.75, 3.05) is 11.9 Å². The Morgan fingerprint density at radius 2 is 2.05 bits per heavy atom. The van der Waals surface area contributed by atoms with Crippen molar-refractivity contribution < 1.29 is 4.79 Å². The summed E-state index contributed by atoms with van der Waals surface area (Å²) in [6.07, 6.45) is 3.37. The number of aromatic nitrogens is 1. The summed E-state index contributed by atoms with van der Waals surface area (Å²) in [6.45, 7) is 6.98. The van der Waals surface area contributed by atoms with E-state index in [-0.39, 0.29) is 11.6 Å². The number of hydrogen-bond acceptors (Lipinski definition) is 4. The Morgan fingerprint density at radius 1 is 1.38 bits per heavy atom. The van der Waals surface area contributed by atoms with Gasteiger partial charge in [0.25, 0.3) is 5.91 Å². The zero-order valence-electron chi connectivity index (χ0n) is 12.8. The maximum absolute atomic E-state index is 12.5. The Labute approximate surface area is 131 Å². The molecule has 5 nitrogen and oxygen atoms in total. The summed E-state index contributed by atoms with van der Waals surface area (Å²) in [5.41, 5.74) is 3.23. The third-order valence-corrected chi connectivity index (χ3v) is 4.15. The van der Waals surface area contributed by atoms with Gasteiger partial charge in [-0.05, 0) is 45.7 Å². The van der Waals surface area contributed by atoms with Crippen molar-refractivity contribution in [2.45, 2.75) is 52.1 Å². The van der Waals surface area contributed by atoms with Crippen LogP contribution in [0.1, 0.15) is 50.5 Å². The van der Waals surface area contributed by atoms with Crippen molar-refractivity contribution in [3.8, 4) is 0 Å². The van der Waals surface area contributed by atoms with E-state index in [1.165, 1.54) is 6.42 Å². The third-order valence-electron chi connectivity index (χ3n) is 3.84. The molecule has 1 amide bonds. The number of carbonyl (C=O) groups excluding carboxylic acids is 1. The van der Waals surface area contributed by atoms with Crippen LogP contribution < -0.4 is 10.7 Å². The topological polar surface area (TPSA) is 57.3 Å². The molecule has 6 heteroatoms. The highest BCUT2D eigenvalue weighted by molar-refractivity contribution is 6.33. The molecule has 2 atom stereocenters. The van der Waals surface area contributed by atoms with Gasteiger partial charge in [-0.3, -0.25) is 10.2 Å². The number of nitrogens with zero attached hydrogens (tertiary/aromatic N) is 2. The van der Waals surface area contributed by atoms with E-state index in [1.54, 1.807) is 12.1 Å². The van der Waals surface area contributed by atoms with E-state index in [9.17, 15) is 4.79 Å². The number of anilines is 1. The second kappa shape index (κ2) is 7.09. The number of nitrogens with one attached hydrogen (secondary N) is 2. The van der Waals surface area contributed by atoms with Crippen LogP contribution in [0.2, 0.25) is 5.02 Å². The largest absolute Gasteiger partial charge is 0.370 e. The highest BCUT2D eigenvalue weighted by Gasteiger charge is 2.27. The molecule has 1 aliphatic heterocycles. The van der Waals surface area contributed by atoms with E-state index in [0.29, 0.717) is 22.9 Å². The minimum Gasteiger partial charge on any atom is -0.370 e. The number of pyridine rings is 1. The molecule has 2 unspecified atom stereocenters. The molecule has 0 saturated carbocycles. The molecule has 21 heavy (non-hydrogen) atoms. The maximum Gasteiger partial charge on any atom is 0.285 e. The van der Waals surface area contributed by atoms with Gasteiger partial charge in [0, 0.05) is 18.6 Å². The molecule has 1 aromatic rings. The summed E-state index contributed by atoms with van der Waals surface area (Å²) >= 11 is 6.11. The number of rotatable bonds is 4. The molecule has 1 fully saturated rings. The zero-order chi connectivity index (χ0) is 15.4. The van der Waals surface area contributed by atoms with Crippen LogP contribution in [0.15, 0.2) is 12.1 Å². The lowest BCUT2D eigenvalue weighted by atomic mass is 10.00. The lowest BCUT2D eigenvalue weighted by Crippen LogP contribution is -2.54. The molecule has 2 rings (SSSR count). The number of carbonyl (C=O) groups is 1. The first-order chi connectivity index (χ1) is 10.0. The van der Waals surface area contributed by atoms with Gasteiger partial charge in [-0.15, -0.1) is 0 Å². The van der Waals surface area contributed by atoms with Gasteiger partial charge >= 0.3 is 0 Å². The Morgan fingerprint density at radius 3 is 2.67 bits per heavy atom. The molecule has 0 spiro atoms. The number of hydrogen-bond donors (Lipinski definition) is 2. The SMILES string of the molecule is CCNc1ccc(Cl)c(C(=O)NN2C(C)CCCC2C)n1. The van der Waals surface area contributed by atoms with Crippen LogP contribution >= 0.6 is 11.6 Å². The molecule has 0 aliphatic carbocycles. The van der Waals surface area contributed by atoms with Crippen LogP contribution in [0.5, 0.6) is 0 Å². The van der Waals surface area contributed by atoms with Gasteiger partial charge in [0.05, 0.1) is 5.02 Å². The van der Waals surface area contributed by atoms with Gasteiger partial charge in [0.1, 0.15) is 5.82 Å². The highest BCUT2D eigenvalue weighted by Crippen LogP contribution is 2.22. The van der Waals surface area contributed by atoms with Crippen LogP contribution in [-0.4, -0.2) is 34.5 Å². The second-order valence-corrected chi connectivity index (χ2v) is 5.94. The van der Waals surface area contributed by atoms with Crippen molar-refractivity contribution in [3.05, 3.63) is 22.8 Å². The number of hydrazine groups is 1. The van der Waals surface area contributed by atoms with Crippen LogP contribution in [0, 0.1) is 0 Å². The number of halogens is 1. The van der Waals surface area contributed by atoms with Crippen LogP contribution in [0.25, 0.3) is 0 Å². The quantitative estimate of drug-likeness (QED) is 0.897. The van der Waals surface area contributed by atoms with E-state index in [1.807, 2.05) is 11.9 Å². The summed E-state index contributed by atoms with van der Waals surface area (Å²) in [5, 5.41) is 5.47. The molecular weight excluding hydrogens is 288 g/mol. The van der Waals surface area contributed by atoms with Crippen LogP contribution in [0.3, 0.4) is 0 Å². The lowest BCUT2D eigenvalue weighted by Gasteiger charge is -2.38. The summed E-state index contributed by atoms with van der Waals surface area (Å²) in [6, 6.07) is 4.13. The summed E-state index contributed by atoms with van der Waals surface area (Å²) < 4.78 is 0. The molecular formula is C15H23ClN4O. The molecule has 116 valence electrons. The summed E-state index contributed by atoms with van der Waals surface area (Å²) in [5.74, 6) is 0.409. The maximum atomic E-state index is 12.5. The normalized spacial score (nSPS) is 22.9. The molecule has 0 radical (unpaired) electrons. The summed E-state index contributed by atoms with van der Waals surface area (Å²) in [7, 11) is 0. The van der Waals surface area contributed by atoms with E-state index in [2.05, 4.69) is 29.6 Å². The van der Waals surface area contributed by atoms with E-state index in [4.69, 9.17) is 11.6 Å². The molecule has 1 aromatic heterocycles. The second-order valence-electron chi connectivity index (χ2n) is 5.53. The van der Waals surface area contributed by atoms with Crippen LogP contribution in [-0.2, 0) is 0 Å². The van der Waals surface area contributed by atoms with Gasteiger partial charge in [-0.1, -0.05) is 18.0 Å². The zero-order valence-corrected chi connectivity index (χ0v) is 13.6. The first-order valence-electron chi connectivity index (χ1n) is 7.52. The standard InChI is InChI=1S/C15H23ClN4O/c1-4-17-13-9-8-12(16)14(18-13)15(21)19-20-10(2)6-5-7-11(20)3/h8-11H,4-7H2,1-3H3,(H,17,18)(H,19,21). The predicted octanol–water partition coefficient (Wildman–Crippen LogP) is 3.07. The van der Waals surface area contributed by atoms with Crippen molar-refractivity contribution in [2.24, 2.45) is 0 Å². The third kappa shape index (κ3) is 3.86. The number of amides is 1. The van der Waals surface area contributed by atoms with E-state index < -0.39 is 0 Å². The monoisotopic (exact) mass is 310 g/mol. The fourth-order valence-electron chi connectivity index (χ4n) is 2.69. The summed E-state index contributed by atoms with van der Waals surface area (Å²) in [4.78, 5) is 16.7. The smallest absolute Gasteiger partial charge is 0.285 e. The predicted molar refractivity (Wildman–Crippen MR) is 85.5 cm³/mol. The first kappa shape index (κ1) is 16.0. The van der Waals surface area contributed by atoms with E-state index >= 15 is 0 Å². The van der Waals surface area contributed by atoms with Crippen molar-refractivity contribution in [1.29, 1.82) is 0 Å². The first-order valence-corrected chi connectivity index (χ1v) is 7.90. The molecule has 2 N–H and O–H groups in total. The average molecular weight is 311 g/mol. The van der Waals surface area contributed by atoms with Gasteiger partial charge in [0.15, 0.2) is 5.69 Å². The van der Waals surface area contributed by atoms with Gasteiger partial charge in [0.2, 0.25) is 0 Å². The molecule has 1 saturated heterocycles. The number of piperidine rings is 1. The fraction of sp³-hybridized carbons (Fsp3) is 0.600. The lowest BCUT2D eigenvalue weighted by molar-refractivity contribution is 0.0366. The van der Waals surface area contributed by atoms with Crippen molar-refractivity contribution in [3.63, 3.8) is 0 Å². The van der Waals surface area contributed by atoms with Crippen LogP contribution in [0.4, 0.5) is 5.82 Å². The van der Waals surface area contributed by atoms with Gasteiger partial charge < -0.3 is 5.32 Å². The van der Waals surface area contributed by atoms with Gasteiger partial charge in [-0.2, -0.15) is 0 Å². The minimum atomic E-state index is -0.250. The molecule has 0 bridgehead atoms. The van der Waals surface area contributed by atoms with Crippen molar-refractivity contribution >= 4 is 23.3 Å². The Hall–Kier alpha value is -1.33. The van der Waals surface area contributed by atoms with Crippen molar-refractivity contribution in [1.82, 2.24) is 15.4 Å². The molecule has 0 aromatic carbocycles. The van der Waals surface area contributed by atoms with E-state index in [0.717, 1.165) is 19.4 Å². The Bertz CT molecular complexity index is 498. The molecule has 2 heterocycles. The van der Waals surface area contributed by atoms with Gasteiger partial charge in [-0.25, -0.2) is 9.99 Å². The minimum absolute atomic E-state index is 0.250. The molecule has 1 aliphatic rings. The highest BCUT2D eigenvalue weighted by atomic mass is 35.5. The fourth-order valence-corrected chi connectivity index (χ4v) is 2.88. The Kier molecular flexibility index (Phi) is 5.42. The Balaban J connectivity index is 2.14.